The Hall–Kier alpha value is -3.28. The molecule has 6 heteroatoms. The molecule has 0 aliphatic heterocycles. The molecule has 1 aromatic heterocycles. The van der Waals surface area contributed by atoms with E-state index in [0.29, 0.717) is 22.8 Å². The molecule has 0 bridgehead atoms. The zero-order valence-electron chi connectivity index (χ0n) is 13.5. The van der Waals surface area contributed by atoms with E-state index in [0.717, 1.165) is 11.3 Å². The van der Waals surface area contributed by atoms with Gasteiger partial charge in [0, 0.05) is 29.9 Å². The van der Waals surface area contributed by atoms with Gasteiger partial charge in [-0.15, -0.1) is 0 Å². The molecular weight excluding hydrogens is 304 g/mol. The molecule has 0 atom stereocenters. The van der Waals surface area contributed by atoms with E-state index in [9.17, 15) is 4.79 Å². The standard InChI is InChI=1S/C18H18N4O2/c1-22-17(11-16(21-22)12-3-7-14(19)8-4-12)20-18(23)13-5-9-15(24-2)10-6-13/h3-11H,19H2,1-2H3,(H,20,23). The fourth-order valence-corrected chi connectivity index (χ4v) is 2.31. The summed E-state index contributed by atoms with van der Waals surface area (Å²) in [5, 5.41) is 7.29. The topological polar surface area (TPSA) is 82.2 Å². The highest BCUT2D eigenvalue weighted by Crippen LogP contribution is 2.23. The van der Waals surface area contributed by atoms with Gasteiger partial charge < -0.3 is 15.8 Å². The molecular formula is C18H18N4O2. The predicted molar refractivity (Wildman–Crippen MR) is 94.0 cm³/mol. The summed E-state index contributed by atoms with van der Waals surface area (Å²) in [6.07, 6.45) is 0. The number of nitrogen functional groups attached to an aromatic ring is 1. The number of nitrogens with one attached hydrogen (secondary N) is 1. The molecule has 0 fully saturated rings. The van der Waals surface area contributed by atoms with E-state index >= 15 is 0 Å². The van der Waals surface area contributed by atoms with Crippen LogP contribution < -0.4 is 15.8 Å². The Balaban J connectivity index is 1.79. The summed E-state index contributed by atoms with van der Waals surface area (Å²) in [5.41, 5.74) is 8.64. The Labute approximate surface area is 139 Å². The largest absolute Gasteiger partial charge is 0.497 e. The van der Waals surface area contributed by atoms with Gasteiger partial charge in [-0.3, -0.25) is 9.48 Å². The number of rotatable bonds is 4. The highest BCUT2D eigenvalue weighted by Gasteiger charge is 2.12. The first-order valence-corrected chi connectivity index (χ1v) is 7.42. The van der Waals surface area contributed by atoms with Gasteiger partial charge in [0.25, 0.3) is 5.91 Å². The summed E-state index contributed by atoms with van der Waals surface area (Å²) in [6.45, 7) is 0. The molecule has 1 amide bonds. The van der Waals surface area contributed by atoms with Gasteiger partial charge in [-0.1, -0.05) is 12.1 Å². The summed E-state index contributed by atoms with van der Waals surface area (Å²) in [5.74, 6) is 1.12. The van der Waals surface area contributed by atoms with Crippen molar-refractivity contribution >= 4 is 17.4 Å². The van der Waals surface area contributed by atoms with Gasteiger partial charge in [0.05, 0.1) is 12.8 Å². The van der Waals surface area contributed by atoms with Gasteiger partial charge in [0.1, 0.15) is 11.6 Å². The van der Waals surface area contributed by atoms with Crippen LogP contribution in [0.3, 0.4) is 0 Å². The summed E-state index contributed by atoms with van der Waals surface area (Å²) >= 11 is 0. The predicted octanol–water partition coefficient (Wildman–Crippen LogP) is 2.93. The Morgan fingerprint density at radius 3 is 2.42 bits per heavy atom. The van der Waals surface area contributed by atoms with Crippen molar-refractivity contribution in [2.45, 2.75) is 0 Å². The number of aryl methyl sites for hydroxylation is 1. The van der Waals surface area contributed by atoms with Crippen LogP contribution in [0.25, 0.3) is 11.3 Å². The molecule has 0 unspecified atom stereocenters. The minimum absolute atomic E-state index is 0.204. The smallest absolute Gasteiger partial charge is 0.256 e. The average Bonchev–Trinajstić information content (AvgIpc) is 2.96. The number of aromatic nitrogens is 2. The second-order valence-corrected chi connectivity index (χ2v) is 5.34. The maximum atomic E-state index is 12.3. The molecule has 24 heavy (non-hydrogen) atoms. The zero-order chi connectivity index (χ0) is 17.1. The summed E-state index contributed by atoms with van der Waals surface area (Å²) in [4.78, 5) is 12.3. The third kappa shape index (κ3) is 3.22. The summed E-state index contributed by atoms with van der Waals surface area (Å²) in [7, 11) is 3.37. The van der Waals surface area contributed by atoms with Crippen molar-refractivity contribution in [2.24, 2.45) is 7.05 Å². The molecule has 2 aromatic carbocycles. The Morgan fingerprint density at radius 2 is 1.79 bits per heavy atom. The van der Waals surface area contributed by atoms with Gasteiger partial charge >= 0.3 is 0 Å². The second-order valence-electron chi connectivity index (χ2n) is 5.34. The molecule has 1 heterocycles. The molecule has 3 aromatic rings. The lowest BCUT2D eigenvalue weighted by Gasteiger charge is -2.05. The molecule has 0 saturated carbocycles. The molecule has 0 radical (unpaired) electrons. The molecule has 0 saturated heterocycles. The quantitative estimate of drug-likeness (QED) is 0.724. The minimum Gasteiger partial charge on any atom is -0.497 e. The molecule has 3 N–H and O–H groups in total. The highest BCUT2D eigenvalue weighted by molar-refractivity contribution is 6.04. The maximum Gasteiger partial charge on any atom is 0.256 e. The number of methoxy groups -OCH3 is 1. The number of hydrogen-bond donors (Lipinski definition) is 2. The van der Waals surface area contributed by atoms with Crippen LogP contribution in [0.2, 0.25) is 0 Å². The van der Waals surface area contributed by atoms with E-state index in [1.165, 1.54) is 0 Å². The van der Waals surface area contributed by atoms with Crippen molar-refractivity contribution in [1.82, 2.24) is 9.78 Å². The molecule has 3 rings (SSSR count). The van der Waals surface area contributed by atoms with E-state index in [4.69, 9.17) is 10.5 Å². The van der Waals surface area contributed by atoms with Crippen molar-refractivity contribution in [2.75, 3.05) is 18.2 Å². The van der Waals surface area contributed by atoms with Gasteiger partial charge in [-0.25, -0.2) is 0 Å². The van der Waals surface area contributed by atoms with Crippen LogP contribution in [0.4, 0.5) is 11.5 Å². The van der Waals surface area contributed by atoms with Crippen LogP contribution in [0.1, 0.15) is 10.4 Å². The Morgan fingerprint density at radius 1 is 1.12 bits per heavy atom. The van der Waals surface area contributed by atoms with Crippen LogP contribution in [0.5, 0.6) is 5.75 Å². The lowest BCUT2D eigenvalue weighted by atomic mass is 10.1. The SMILES string of the molecule is COc1ccc(C(=O)Nc2cc(-c3ccc(N)cc3)nn2C)cc1. The first-order chi connectivity index (χ1) is 11.6. The number of nitrogens with zero attached hydrogens (tertiary/aromatic N) is 2. The monoisotopic (exact) mass is 322 g/mol. The normalized spacial score (nSPS) is 10.4. The van der Waals surface area contributed by atoms with Crippen LogP contribution in [0.15, 0.2) is 54.6 Å². The number of benzene rings is 2. The van der Waals surface area contributed by atoms with Crippen molar-refractivity contribution < 1.29 is 9.53 Å². The first-order valence-electron chi connectivity index (χ1n) is 7.42. The van der Waals surface area contributed by atoms with E-state index in [2.05, 4.69) is 10.4 Å². The average molecular weight is 322 g/mol. The third-order valence-electron chi connectivity index (χ3n) is 3.68. The van der Waals surface area contributed by atoms with Crippen molar-refractivity contribution in [3.63, 3.8) is 0 Å². The Kier molecular flexibility index (Phi) is 4.20. The molecule has 0 aliphatic carbocycles. The van der Waals surface area contributed by atoms with Crippen LogP contribution in [0, 0.1) is 0 Å². The fraction of sp³-hybridized carbons (Fsp3) is 0.111. The van der Waals surface area contributed by atoms with Crippen molar-refractivity contribution in [3.05, 3.63) is 60.2 Å². The Bertz CT molecular complexity index is 852. The van der Waals surface area contributed by atoms with Crippen LogP contribution in [-0.2, 0) is 7.05 Å². The van der Waals surface area contributed by atoms with Gasteiger partial charge in [-0.05, 0) is 36.4 Å². The minimum atomic E-state index is -0.204. The third-order valence-corrected chi connectivity index (χ3v) is 3.68. The van der Waals surface area contributed by atoms with Crippen molar-refractivity contribution in [3.8, 4) is 17.0 Å². The van der Waals surface area contributed by atoms with E-state index in [-0.39, 0.29) is 5.91 Å². The summed E-state index contributed by atoms with van der Waals surface area (Å²) in [6, 6.07) is 16.2. The lowest BCUT2D eigenvalue weighted by molar-refractivity contribution is 0.102. The molecule has 122 valence electrons. The number of carbonyl (C=O) groups excluding carboxylic acids is 1. The maximum absolute atomic E-state index is 12.3. The van der Waals surface area contributed by atoms with E-state index in [1.54, 1.807) is 43.1 Å². The number of hydrogen-bond acceptors (Lipinski definition) is 4. The van der Waals surface area contributed by atoms with E-state index < -0.39 is 0 Å². The number of ether oxygens (including phenoxy) is 1. The molecule has 6 nitrogen and oxygen atoms in total. The number of amides is 1. The van der Waals surface area contributed by atoms with Gasteiger partial charge in [0.2, 0.25) is 0 Å². The molecule has 0 aliphatic rings. The second kappa shape index (κ2) is 6.45. The summed E-state index contributed by atoms with van der Waals surface area (Å²) < 4.78 is 6.72. The van der Waals surface area contributed by atoms with Crippen molar-refractivity contribution in [1.29, 1.82) is 0 Å². The van der Waals surface area contributed by atoms with Gasteiger partial charge in [-0.2, -0.15) is 5.10 Å². The zero-order valence-corrected chi connectivity index (χ0v) is 13.5. The number of nitrogens with two attached hydrogens (primary N) is 1. The first kappa shape index (κ1) is 15.6. The van der Waals surface area contributed by atoms with Crippen LogP contribution >= 0.6 is 0 Å². The number of anilines is 2. The van der Waals surface area contributed by atoms with Gasteiger partial charge in [0.15, 0.2) is 0 Å². The molecule has 0 spiro atoms. The highest BCUT2D eigenvalue weighted by atomic mass is 16.5. The van der Waals surface area contributed by atoms with Crippen LogP contribution in [-0.4, -0.2) is 22.8 Å². The lowest BCUT2D eigenvalue weighted by Crippen LogP contribution is -2.14. The fourth-order valence-electron chi connectivity index (χ4n) is 2.31. The number of carbonyl (C=O) groups is 1. The van der Waals surface area contributed by atoms with E-state index in [1.807, 2.05) is 30.3 Å².